The van der Waals surface area contributed by atoms with Gasteiger partial charge in [0.1, 0.15) is 0 Å². The van der Waals surface area contributed by atoms with E-state index in [0.717, 1.165) is 37.0 Å². The first kappa shape index (κ1) is 11.8. The molecule has 0 spiro atoms. The minimum Gasteiger partial charge on any atom is -0.452 e. The van der Waals surface area contributed by atoms with Crippen LogP contribution in [-0.4, -0.2) is 37.3 Å². The first-order chi connectivity index (χ1) is 7.20. The summed E-state index contributed by atoms with van der Waals surface area (Å²) < 4.78 is 9.15. The molecular formula is C10H17NO4. The zero-order valence-electron chi connectivity index (χ0n) is 9.19. The highest BCUT2D eigenvalue weighted by atomic mass is 16.6. The molecule has 5 heteroatoms. The standard InChI is InChI=1S/C10H17NO4/c1-14-9(12)11(10(13)15-2)8-6-4-3-5-7-8/h8H,3-7H2,1-2H3. The molecule has 1 aliphatic carbocycles. The Bertz CT molecular complexity index is 220. The highest BCUT2D eigenvalue weighted by Crippen LogP contribution is 2.23. The minimum atomic E-state index is -0.631. The summed E-state index contributed by atoms with van der Waals surface area (Å²) in [5.41, 5.74) is 0. The Morgan fingerprint density at radius 2 is 1.47 bits per heavy atom. The molecule has 86 valence electrons. The number of amides is 2. The lowest BCUT2D eigenvalue weighted by molar-refractivity contribution is 0.0752. The van der Waals surface area contributed by atoms with Gasteiger partial charge < -0.3 is 9.47 Å². The number of ether oxygens (including phenoxy) is 2. The molecule has 0 aromatic rings. The van der Waals surface area contributed by atoms with E-state index in [9.17, 15) is 9.59 Å². The largest absolute Gasteiger partial charge is 0.452 e. The highest BCUT2D eigenvalue weighted by Gasteiger charge is 2.32. The molecule has 0 aromatic carbocycles. The van der Waals surface area contributed by atoms with Crippen LogP contribution in [0.25, 0.3) is 0 Å². The fourth-order valence-corrected chi connectivity index (χ4v) is 1.91. The van der Waals surface area contributed by atoms with Crippen molar-refractivity contribution in [2.45, 2.75) is 38.1 Å². The molecule has 1 saturated carbocycles. The molecule has 0 saturated heterocycles. The molecule has 1 rings (SSSR count). The predicted molar refractivity (Wildman–Crippen MR) is 53.5 cm³/mol. The van der Waals surface area contributed by atoms with Gasteiger partial charge >= 0.3 is 12.2 Å². The van der Waals surface area contributed by atoms with Gasteiger partial charge in [-0.1, -0.05) is 19.3 Å². The van der Waals surface area contributed by atoms with Crippen LogP contribution in [0.5, 0.6) is 0 Å². The highest BCUT2D eigenvalue weighted by molar-refractivity contribution is 5.88. The quantitative estimate of drug-likeness (QED) is 0.672. The van der Waals surface area contributed by atoms with Gasteiger partial charge in [0, 0.05) is 6.04 Å². The van der Waals surface area contributed by atoms with E-state index in [1.165, 1.54) is 14.2 Å². The molecule has 0 radical (unpaired) electrons. The third kappa shape index (κ3) is 2.84. The summed E-state index contributed by atoms with van der Waals surface area (Å²) >= 11 is 0. The van der Waals surface area contributed by atoms with Crippen molar-refractivity contribution >= 4 is 12.2 Å². The van der Waals surface area contributed by atoms with Crippen LogP contribution in [0, 0.1) is 0 Å². The molecule has 1 fully saturated rings. The zero-order valence-corrected chi connectivity index (χ0v) is 9.19. The molecule has 0 aromatic heterocycles. The minimum absolute atomic E-state index is 0.0707. The van der Waals surface area contributed by atoms with E-state index in [4.69, 9.17) is 0 Å². The molecular weight excluding hydrogens is 198 g/mol. The first-order valence-electron chi connectivity index (χ1n) is 5.15. The van der Waals surface area contributed by atoms with E-state index in [-0.39, 0.29) is 6.04 Å². The number of hydrogen-bond acceptors (Lipinski definition) is 4. The van der Waals surface area contributed by atoms with Crippen molar-refractivity contribution in [1.82, 2.24) is 4.90 Å². The average Bonchev–Trinajstić information content (AvgIpc) is 2.30. The molecule has 2 amide bonds. The Labute approximate surface area is 89.3 Å². The number of hydrogen-bond donors (Lipinski definition) is 0. The molecule has 0 bridgehead atoms. The number of nitrogens with zero attached hydrogens (tertiary/aromatic N) is 1. The van der Waals surface area contributed by atoms with E-state index in [0.29, 0.717) is 0 Å². The molecule has 0 heterocycles. The van der Waals surface area contributed by atoms with Crippen LogP contribution in [0.4, 0.5) is 9.59 Å². The third-order valence-electron chi connectivity index (χ3n) is 2.68. The first-order valence-corrected chi connectivity index (χ1v) is 5.15. The van der Waals surface area contributed by atoms with Gasteiger partial charge in [0.2, 0.25) is 0 Å². The molecule has 1 aliphatic rings. The predicted octanol–water partition coefficient (Wildman–Crippen LogP) is 2.15. The van der Waals surface area contributed by atoms with E-state index < -0.39 is 12.2 Å². The Kier molecular flexibility index (Phi) is 4.39. The second kappa shape index (κ2) is 5.58. The van der Waals surface area contributed by atoms with Crippen molar-refractivity contribution in [1.29, 1.82) is 0 Å². The van der Waals surface area contributed by atoms with Crippen LogP contribution in [0.15, 0.2) is 0 Å². The SMILES string of the molecule is COC(=O)N(C(=O)OC)C1CCCCC1. The lowest BCUT2D eigenvalue weighted by atomic mass is 9.95. The summed E-state index contributed by atoms with van der Waals surface area (Å²) in [4.78, 5) is 23.9. The van der Waals surface area contributed by atoms with Crippen molar-refractivity contribution in [2.75, 3.05) is 14.2 Å². The lowest BCUT2D eigenvalue weighted by Crippen LogP contribution is -2.45. The van der Waals surface area contributed by atoms with Crippen molar-refractivity contribution in [3.63, 3.8) is 0 Å². The fraction of sp³-hybridized carbons (Fsp3) is 0.800. The van der Waals surface area contributed by atoms with Crippen LogP contribution in [0.3, 0.4) is 0 Å². The maximum atomic E-state index is 11.4. The third-order valence-corrected chi connectivity index (χ3v) is 2.68. The van der Waals surface area contributed by atoms with E-state index >= 15 is 0 Å². The fourth-order valence-electron chi connectivity index (χ4n) is 1.91. The molecule has 0 aliphatic heterocycles. The molecule has 0 N–H and O–H groups in total. The monoisotopic (exact) mass is 215 g/mol. The van der Waals surface area contributed by atoms with Gasteiger partial charge in [-0.15, -0.1) is 0 Å². The van der Waals surface area contributed by atoms with Crippen molar-refractivity contribution < 1.29 is 19.1 Å². The van der Waals surface area contributed by atoms with Gasteiger partial charge in [0.15, 0.2) is 0 Å². The summed E-state index contributed by atoms with van der Waals surface area (Å²) in [6, 6.07) is -0.0707. The van der Waals surface area contributed by atoms with Gasteiger partial charge in [0.25, 0.3) is 0 Å². The van der Waals surface area contributed by atoms with E-state index in [2.05, 4.69) is 9.47 Å². The van der Waals surface area contributed by atoms with Crippen molar-refractivity contribution in [2.24, 2.45) is 0 Å². The number of rotatable bonds is 1. The van der Waals surface area contributed by atoms with Crippen LogP contribution in [-0.2, 0) is 9.47 Å². The van der Waals surface area contributed by atoms with Gasteiger partial charge in [-0.2, -0.15) is 0 Å². The maximum absolute atomic E-state index is 11.4. The molecule has 0 atom stereocenters. The van der Waals surface area contributed by atoms with Crippen LogP contribution in [0.1, 0.15) is 32.1 Å². The topological polar surface area (TPSA) is 55.8 Å². The molecule has 5 nitrogen and oxygen atoms in total. The average molecular weight is 215 g/mol. The van der Waals surface area contributed by atoms with Crippen LogP contribution >= 0.6 is 0 Å². The van der Waals surface area contributed by atoms with Gasteiger partial charge in [0.05, 0.1) is 14.2 Å². The zero-order chi connectivity index (χ0) is 11.3. The summed E-state index contributed by atoms with van der Waals surface area (Å²) in [6.07, 6.45) is 3.65. The van der Waals surface area contributed by atoms with Crippen LogP contribution in [0.2, 0.25) is 0 Å². The van der Waals surface area contributed by atoms with Crippen molar-refractivity contribution in [3.8, 4) is 0 Å². The normalized spacial score (nSPS) is 16.9. The molecule has 15 heavy (non-hydrogen) atoms. The van der Waals surface area contributed by atoms with Gasteiger partial charge in [-0.3, -0.25) is 0 Å². The maximum Gasteiger partial charge on any atom is 0.419 e. The van der Waals surface area contributed by atoms with Crippen molar-refractivity contribution in [3.05, 3.63) is 0 Å². The number of carbonyl (C=O) groups is 2. The Hall–Kier alpha value is -1.26. The molecule has 0 unspecified atom stereocenters. The Balaban J connectivity index is 2.69. The summed E-state index contributed by atoms with van der Waals surface area (Å²) in [6.45, 7) is 0. The Morgan fingerprint density at radius 3 is 1.87 bits per heavy atom. The summed E-state index contributed by atoms with van der Waals surface area (Å²) in [5, 5.41) is 0. The summed E-state index contributed by atoms with van der Waals surface area (Å²) in [7, 11) is 2.53. The van der Waals surface area contributed by atoms with Gasteiger partial charge in [-0.25, -0.2) is 14.5 Å². The number of methoxy groups -OCH3 is 2. The van der Waals surface area contributed by atoms with Crippen LogP contribution < -0.4 is 0 Å². The number of imide groups is 1. The van der Waals surface area contributed by atoms with Gasteiger partial charge in [-0.05, 0) is 12.8 Å². The van der Waals surface area contributed by atoms with E-state index in [1.807, 2.05) is 0 Å². The lowest BCUT2D eigenvalue weighted by Gasteiger charge is -2.30. The smallest absolute Gasteiger partial charge is 0.419 e. The summed E-state index contributed by atoms with van der Waals surface area (Å²) in [5.74, 6) is 0. The second-order valence-electron chi connectivity index (χ2n) is 3.60. The van der Waals surface area contributed by atoms with E-state index in [1.54, 1.807) is 0 Å². The Morgan fingerprint density at radius 1 is 1.00 bits per heavy atom. The number of carbonyl (C=O) groups excluding carboxylic acids is 2. The second-order valence-corrected chi connectivity index (χ2v) is 3.60.